The summed E-state index contributed by atoms with van der Waals surface area (Å²) in [4.78, 5) is 27.6. The molecule has 1 aliphatic rings. The van der Waals surface area contributed by atoms with Crippen molar-refractivity contribution in [1.82, 2.24) is 0 Å². The summed E-state index contributed by atoms with van der Waals surface area (Å²) >= 11 is 1.28. The molecule has 1 unspecified atom stereocenters. The van der Waals surface area contributed by atoms with Crippen molar-refractivity contribution in [1.29, 1.82) is 0 Å². The van der Waals surface area contributed by atoms with Gasteiger partial charge in [0.15, 0.2) is 11.4 Å². The Morgan fingerprint density at radius 3 is 2.52 bits per heavy atom. The second-order valence-electron chi connectivity index (χ2n) is 6.47. The Balaban J connectivity index is 1.68. The number of carbonyl (C=O) groups excluding carboxylic acids is 2. The summed E-state index contributed by atoms with van der Waals surface area (Å²) in [7, 11) is 0. The SMILES string of the molecule is O=C(CC1(O)C(=O)N(Cc2ccc(F)cc2)c2ccccc21)c1cccs1. The first kappa shape index (κ1) is 17.6. The van der Waals surface area contributed by atoms with Crippen LogP contribution in [0.3, 0.4) is 0 Å². The van der Waals surface area contributed by atoms with Crippen LogP contribution in [0.5, 0.6) is 0 Å². The van der Waals surface area contributed by atoms with Crippen molar-refractivity contribution < 1.29 is 19.1 Å². The zero-order valence-electron chi connectivity index (χ0n) is 14.3. The summed E-state index contributed by atoms with van der Waals surface area (Å²) in [5.41, 5.74) is -0.193. The standard InChI is InChI=1S/C21H16FNO3S/c22-15-9-7-14(8-10-15)13-23-17-5-2-1-4-16(17)21(26,20(23)25)12-18(24)19-6-3-11-27-19/h1-11,26H,12-13H2. The first-order valence-corrected chi connectivity index (χ1v) is 9.32. The van der Waals surface area contributed by atoms with Crippen LogP contribution >= 0.6 is 11.3 Å². The number of anilines is 1. The molecule has 0 spiro atoms. The number of fused-ring (bicyclic) bond motifs is 1. The summed E-state index contributed by atoms with van der Waals surface area (Å²) in [6, 6.07) is 16.2. The molecule has 3 aromatic rings. The van der Waals surface area contributed by atoms with E-state index in [2.05, 4.69) is 0 Å². The molecule has 1 N–H and O–H groups in total. The van der Waals surface area contributed by atoms with E-state index in [0.717, 1.165) is 5.56 Å². The van der Waals surface area contributed by atoms with E-state index in [4.69, 9.17) is 0 Å². The van der Waals surface area contributed by atoms with E-state index in [1.54, 1.807) is 53.9 Å². The van der Waals surface area contributed by atoms with Crippen molar-refractivity contribution >= 4 is 28.7 Å². The highest BCUT2D eigenvalue weighted by Gasteiger charge is 2.50. The number of thiophene rings is 1. The van der Waals surface area contributed by atoms with Crippen LogP contribution in [-0.2, 0) is 16.9 Å². The summed E-state index contributed by atoms with van der Waals surface area (Å²) in [6.07, 6.45) is -0.316. The van der Waals surface area contributed by atoms with Crippen molar-refractivity contribution in [2.24, 2.45) is 0 Å². The monoisotopic (exact) mass is 381 g/mol. The number of benzene rings is 2. The first-order valence-electron chi connectivity index (χ1n) is 8.44. The van der Waals surface area contributed by atoms with Crippen LogP contribution in [0.15, 0.2) is 66.0 Å². The third-order valence-corrected chi connectivity index (χ3v) is 5.62. The lowest BCUT2D eigenvalue weighted by Gasteiger charge is -2.22. The number of Topliss-reactive ketones (excluding diaryl/α,β-unsaturated/α-hetero) is 1. The van der Waals surface area contributed by atoms with Crippen molar-refractivity contribution in [2.45, 2.75) is 18.6 Å². The smallest absolute Gasteiger partial charge is 0.264 e. The van der Waals surface area contributed by atoms with E-state index < -0.39 is 11.5 Å². The number of ketones is 1. The van der Waals surface area contributed by atoms with Gasteiger partial charge in [-0.15, -0.1) is 11.3 Å². The number of hydrogen-bond donors (Lipinski definition) is 1. The van der Waals surface area contributed by atoms with Gasteiger partial charge in [0.1, 0.15) is 5.82 Å². The van der Waals surface area contributed by atoms with Crippen molar-refractivity contribution in [2.75, 3.05) is 4.90 Å². The maximum absolute atomic E-state index is 13.2. The number of hydrogen-bond acceptors (Lipinski definition) is 4. The topological polar surface area (TPSA) is 57.6 Å². The van der Waals surface area contributed by atoms with Crippen LogP contribution in [0.4, 0.5) is 10.1 Å². The Morgan fingerprint density at radius 1 is 1.07 bits per heavy atom. The molecular weight excluding hydrogens is 365 g/mol. The molecule has 0 bridgehead atoms. The molecule has 0 saturated heterocycles. The minimum atomic E-state index is -1.91. The highest BCUT2D eigenvalue weighted by molar-refractivity contribution is 7.12. The lowest BCUT2D eigenvalue weighted by molar-refractivity contribution is -0.136. The second-order valence-corrected chi connectivity index (χ2v) is 7.42. The largest absolute Gasteiger partial charge is 0.375 e. The zero-order chi connectivity index (χ0) is 19.0. The van der Waals surface area contributed by atoms with Gasteiger partial charge in [-0.2, -0.15) is 0 Å². The van der Waals surface area contributed by atoms with Gasteiger partial charge in [-0.3, -0.25) is 9.59 Å². The number of aliphatic hydroxyl groups is 1. The third-order valence-electron chi connectivity index (χ3n) is 4.71. The molecule has 2 heterocycles. The van der Waals surface area contributed by atoms with Crippen LogP contribution in [0, 0.1) is 5.82 Å². The number of para-hydroxylation sites is 1. The number of halogens is 1. The maximum Gasteiger partial charge on any atom is 0.264 e. The van der Waals surface area contributed by atoms with Gasteiger partial charge in [-0.25, -0.2) is 4.39 Å². The Hall–Kier alpha value is -2.83. The molecule has 136 valence electrons. The zero-order valence-corrected chi connectivity index (χ0v) is 15.1. The molecule has 0 aliphatic carbocycles. The normalized spacial score (nSPS) is 18.6. The minimum Gasteiger partial charge on any atom is -0.375 e. The Bertz CT molecular complexity index is 1000. The van der Waals surface area contributed by atoms with Crippen LogP contribution in [-0.4, -0.2) is 16.8 Å². The van der Waals surface area contributed by atoms with Gasteiger partial charge in [0.25, 0.3) is 5.91 Å². The Labute approximate surface area is 159 Å². The van der Waals surface area contributed by atoms with Gasteiger partial charge >= 0.3 is 0 Å². The van der Waals surface area contributed by atoms with Gasteiger partial charge in [-0.1, -0.05) is 36.4 Å². The van der Waals surface area contributed by atoms with Crippen LogP contribution < -0.4 is 4.90 Å². The van der Waals surface area contributed by atoms with Crippen molar-refractivity contribution in [3.8, 4) is 0 Å². The van der Waals surface area contributed by atoms with E-state index in [1.165, 1.54) is 28.4 Å². The quantitative estimate of drug-likeness (QED) is 0.682. The maximum atomic E-state index is 13.2. The molecule has 1 amide bonds. The predicted molar refractivity (Wildman–Crippen MR) is 101 cm³/mol. The van der Waals surface area contributed by atoms with Gasteiger partial charge in [0.05, 0.1) is 23.5 Å². The van der Waals surface area contributed by atoms with E-state index in [1.807, 2.05) is 0 Å². The first-order chi connectivity index (χ1) is 13.0. The average molecular weight is 381 g/mol. The van der Waals surface area contributed by atoms with Gasteiger partial charge in [0, 0.05) is 5.56 Å². The number of nitrogens with zero attached hydrogens (tertiary/aromatic N) is 1. The lowest BCUT2D eigenvalue weighted by Crippen LogP contribution is -2.41. The lowest BCUT2D eigenvalue weighted by atomic mass is 9.89. The summed E-state index contributed by atoms with van der Waals surface area (Å²) in [6.45, 7) is 0.186. The molecule has 1 aliphatic heterocycles. The molecule has 0 fully saturated rings. The predicted octanol–water partition coefficient (Wildman–Crippen LogP) is 3.89. The average Bonchev–Trinajstić information content (AvgIpc) is 3.27. The van der Waals surface area contributed by atoms with Crippen molar-refractivity contribution in [3.63, 3.8) is 0 Å². The van der Waals surface area contributed by atoms with Gasteiger partial charge in [-0.05, 0) is 35.2 Å². The fourth-order valence-electron chi connectivity index (χ4n) is 3.36. The fourth-order valence-corrected chi connectivity index (χ4v) is 4.03. The molecule has 1 aromatic heterocycles. The number of amides is 1. The van der Waals surface area contributed by atoms with Gasteiger partial charge < -0.3 is 10.0 Å². The number of rotatable bonds is 5. The highest BCUT2D eigenvalue weighted by atomic mass is 32.1. The molecule has 0 saturated carbocycles. The van der Waals surface area contributed by atoms with E-state index in [0.29, 0.717) is 16.1 Å². The number of carbonyl (C=O) groups is 2. The minimum absolute atomic E-state index is 0.186. The molecule has 0 radical (unpaired) electrons. The molecule has 2 aromatic carbocycles. The van der Waals surface area contributed by atoms with E-state index in [9.17, 15) is 19.1 Å². The van der Waals surface area contributed by atoms with Crippen LogP contribution in [0.2, 0.25) is 0 Å². The summed E-state index contributed by atoms with van der Waals surface area (Å²) in [5.74, 6) is -1.18. The van der Waals surface area contributed by atoms with Crippen LogP contribution in [0.1, 0.15) is 27.2 Å². The van der Waals surface area contributed by atoms with E-state index in [-0.39, 0.29) is 24.6 Å². The molecule has 27 heavy (non-hydrogen) atoms. The summed E-state index contributed by atoms with van der Waals surface area (Å²) < 4.78 is 13.2. The van der Waals surface area contributed by atoms with E-state index >= 15 is 0 Å². The van der Waals surface area contributed by atoms with Crippen LogP contribution in [0.25, 0.3) is 0 Å². The summed E-state index contributed by atoms with van der Waals surface area (Å²) in [5, 5.41) is 13.0. The molecule has 4 rings (SSSR count). The third kappa shape index (κ3) is 3.07. The fraction of sp³-hybridized carbons (Fsp3) is 0.143. The molecular formula is C21H16FNO3S. The van der Waals surface area contributed by atoms with Crippen molar-refractivity contribution in [3.05, 3.63) is 87.9 Å². The molecule has 4 nitrogen and oxygen atoms in total. The highest BCUT2D eigenvalue weighted by Crippen LogP contribution is 2.43. The van der Waals surface area contributed by atoms with Gasteiger partial charge in [0.2, 0.25) is 0 Å². The molecule has 1 atom stereocenters. The Morgan fingerprint density at radius 2 is 1.81 bits per heavy atom. The molecule has 6 heteroatoms. The second kappa shape index (κ2) is 6.72. The Kier molecular flexibility index (Phi) is 4.37.